The van der Waals surface area contributed by atoms with E-state index in [9.17, 15) is 0 Å². The van der Waals surface area contributed by atoms with Crippen molar-refractivity contribution in [3.8, 4) is 0 Å². The molecule has 0 amide bonds. The molecule has 0 atom stereocenters. The molecule has 4 heavy (non-hydrogen) atoms. The van der Waals surface area contributed by atoms with Crippen LogP contribution in [-0.2, 0) is 22.5 Å². The van der Waals surface area contributed by atoms with E-state index in [0.29, 0.717) is 0 Å². The van der Waals surface area contributed by atoms with Crippen LogP contribution >= 0.6 is 0 Å². The molecule has 0 aliphatic heterocycles. The molecule has 4 heteroatoms. The molecule has 0 aliphatic carbocycles. The first-order valence-corrected chi connectivity index (χ1v) is 0. The molecule has 0 fully saturated rings. The summed E-state index contributed by atoms with van der Waals surface area (Å²) in [5, 5.41) is 0. The molecule has 0 bridgehead atoms. The summed E-state index contributed by atoms with van der Waals surface area (Å²) in [5.74, 6) is 0. The third kappa shape index (κ3) is 8.87. The van der Waals surface area contributed by atoms with Gasteiger partial charge in [-0.25, -0.2) is 0 Å². The van der Waals surface area contributed by atoms with Crippen LogP contribution in [0.3, 0.4) is 0 Å². The van der Waals surface area contributed by atoms with E-state index >= 15 is 0 Å². The summed E-state index contributed by atoms with van der Waals surface area (Å²) in [6.07, 6.45) is 0. The maximum Gasteiger partial charge on any atom is 3.00 e. The Morgan fingerprint density at radius 3 is 1.00 bits per heavy atom. The van der Waals surface area contributed by atoms with Crippen molar-refractivity contribution in [3.05, 3.63) is 0 Å². The van der Waals surface area contributed by atoms with Crippen molar-refractivity contribution in [2.24, 2.45) is 0 Å². The van der Waals surface area contributed by atoms with Crippen LogP contribution in [-0.4, -0.2) is 37.7 Å². The average molecular weight is 250 g/mol. The van der Waals surface area contributed by atoms with E-state index in [-0.39, 0.29) is 95.9 Å². The zero-order valence-corrected chi connectivity index (χ0v) is 9.09. The van der Waals surface area contributed by atoms with Gasteiger partial charge in [-0.3, -0.25) is 0 Å². The predicted molar refractivity (Wildman–Crippen MR) is 6.44 cm³/mol. The zero-order chi connectivity index (χ0) is 0. The van der Waals surface area contributed by atoms with Gasteiger partial charge in [0.25, 0.3) is 0 Å². The van der Waals surface area contributed by atoms with Crippen LogP contribution < -0.4 is 0 Å². The second-order valence-corrected chi connectivity index (χ2v) is 0. The molecule has 0 N–H and O–H groups in total. The Kier molecular flexibility index (Phi) is 119. The van der Waals surface area contributed by atoms with Crippen LogP contribution in [0.4, 0.5) is 0 Å². The zero-order valence-electron chi connectivity index (χ0n) is 2.07. The summed E-state index contributed by atoms with van der Waals surface area (Å²) >= 11 is 0. The largest absolute Gasteiger partial charge is 3.00 e. The van der Waals surface area contributed by atoms with Gasteiger partial charge in [-0.1, -0.05) is 0 Å². The monoisotopic (exact) mass is 250 g/mol. The van der Waals surface area contributed by atoms with Gasteiger partial charge in [0.15, 0.2) is 0 Å². The van der Waals surface area contributed by atoms with Crippen molar-refractivity contribution in [1.29, 1.82) is 0 Å². The molecular weight excluding hydrogens is 250 g/mol. The van der Waals surface area contributed by atoms with Gasteiger partial charge in [-0.2, -0.15) is 0 Å². The molecule has 0 rings (SSSR count). The molecule has 0 spiro atoms. The number of rotatable bonds is 0. The third-order valence-corrected chi connectivity index (χ3v) is 0. The minimum atomic E-state index is 0. The van der Waals surface area contributed by atoms with Crippen LogP contribution in [0.25, 0.3) is 0 Å². The first kappa shape index (κ1) is 28.4. The first-order valence-electron chi connectivity index (χ1n) is 0. The number of hydrogen-bond acceptors (Lipinski definition) is 0. The fourth-order valence-electron chi connectivity index (χ4n) is 0. The van der Waals surface area contributed by atoms with E-state index in [4.69, 9.17) is 0 Å². The van der Waals surface area contributed by atoms with Gasteiger partial charge in [-0.05, 0) is 0 Å². The Balaban J connectivity index is 0. The molecule has 1 radical (unpaired) electrons. The van der Waals surface area contributed by atoms with E-state index in [1.807, 2.05) is 0 Å². The van der Waals surface area contributed by atoms with Crippen molar-refractivity contribution in [2.75, 3.05) is 0 Å². The van der Waals surface area contributed by atoms with E-state index in [1.54, 1.807) is 0 Å². The maximum atomic E-state index is 0. The summed E-state index contributed by atoms with van der Waals surface area (Å²) in [5.41, 5.74) is 0. The van der Waals surface area contributed by atoms with Crippen LogP contribution in [0.1, 0.15) is 0 Å². The Morgan fingerprint density at radius 2 is 1.00 bits per heavy atom. The fraction of sp³-hybridized carbons (Fsp3) is 0. The van der Waals surface area contributed by atoms with Gasteiger partial charge in [0.1, 0.15) is 0 Å². The average Bonchev–Trinajstić information content (AvgIpc) is 0. The quantitative estimate of drug-likeness (QED) is 0.518. The smallest absolute Gasteiger partial charge is 2.00 e. The number of hydrogen-bond donors (Lipinski definition) is 0. The van der Waals surface area contributed by atoms with Crippen LogP contribution in [0.15, 0.2) is 0 Å². The maximum absolute atomic E-state index is 0. The van der Waals surface area contributed by atoms with Crippen LogP contribution in [0.2, 0.25) is 0 Å². The Labute approximate surface area is 93.7 Å². The van der Waals surface area contributed by atoms with E-state index in [0.717, 1.165) is 0 Å². The molecule has 0 aromatic carbocycles. The fourth-order valence-corrected chi connectivity index (χ4v) is 0. The molecule has 0 saturated heterocycles. The van der Waals surface area contributed by atoms with Gasteiger partial charge in [0, 0.05) is 0 Å². The Morgan fingerprint density at radius 1 is 1.00 bits per heavy atom. The first-order chi connectivity index (χ1) is 0. The summed E-state index contributed by atoms with van der Waals surface area (Å²) < 4.78 is 0. The van der Waals surface area contributed by atoms with Crippen molar-refractivity contribution in [2.45, 2.75) is 0 Å². The molecule has 1 nitrogen and oxygen atoms in total. The molecule has 0 saturated carbocycles. The topological polar surface area (TPSA) is 28.5 Å². The van der Waals surface area contributed by atoms with Crippen molar-refractivity contribution in [1.82, 2.24) is 0 Å². The third-order valence-electron chi connectivity index (χ3n) is 0. The molecule has 0 unspecified atom stereocenters. The molecule has 0 aliphatic rings. The predicted octanol–water partition coefficient (Wildman–Crippen LogP) is -0.502. The van der Waals surface area contributed by atoms with Gasteiger partial charge >= 0.3 is 90.4 Å². The van der Waals surface area contributed by atoms with E-state index in [1.165, 1.54) is 0 Å². The summed E-state index contributed by atoms with van der Waals surface area (Å²) in [6, 6.07) is 0. The van der Waals surface area contributed by atoms with Crippen molar-refractivity contribution < 1.29 is 58.1 Å². The van der Waals surface area contributed by atoms with Crippen molar-refractivity contribution >= 4 is 37.7 Å². The second kappa shape index (κ2) is 16.8. The molecular formula is CaLaMnO+5. The Bertz CT molecular complexity index is 8.00. The van der Waals surface area contributed by atoms with Gasteiger partial charge in [-0.15, -0.1) is 0 Å². The second-order valence-electron chi connectivity index (χ2n) is 0. The van der Waals surface area contributed by atoms with E-state index < -0.39 is 0 Å². The van der Waals surface area contributed by atoms with Crippen LogP contribution in [0, 0.1) is 35.6 Å². The molecule has 0 aromatic rings. The minimum Gasteiger partial charge on any atom is -2.00 e. The molecule has 0 aromatic heterocycles. The molecule has 13 valence electrons. The summed E-state index contributed by atoms with van der Waals surface area (Å²) in [7, 11) is 0. The minimum absolute atomic E-state index is 0. The van der Waals surface area contributed by atoms with Gasteiger partial charge < -0.3 is 5.48 Å². The summed E-state index contributed by atoms with van der Waals surface area (Å²) in [6.45, 7) is 0. The van der Waals surface area contributed by atoms with Gasteiger partial charge in [0.05, 0.1) is 0 Å². The van der Waals surface area contributed by atoms with Crippen molar-refractivity contribution in [3.63, 3.8) is 0 Å². The Hall–Kier alpha value is 2.93. The molecule has 0 heterocycles. The van der Waals surface area contributed by atoms with Crippen LogP contribution in [0.5, 0.6) is 0 Å². The normalized spacial score (nSPS) is 0. The SMILES string of the molecule is [Ca+2].[La+3].[Mn+2].[O-2]. The van der Waals surface area contributed by atoms with E-state index in [2.05, 4.69) is 0 Å². The summed E-state index contributed by atoms with van der Waals surface area (Å²) in [4.78, 5) is 0. The van der Waals surface area contributed by atoms with Gasteiger partial charge in [0.2, 0.25) is 0 Å². The standard InChI is InChI=1S/Ca.La.Mn.O/q+2;+3;+2;-2.